The summed E-state index contributed by atoms with van der Waals surface area (Å²) in [5.74, 6) is 1.70. The van der Waals surface area contributed by atoms with Crippen molar-refractivity contribution in [1.82, 2.24) is 0 Å². The van der Waals surface area contributed by atoms with Crippen LogP contribution in [0.1, 0.15) is 88.0 Å². The van der Waals surface area contributed by atoms with E-state index in [2.05, 4.69) is 133 Å². The first-order chi connectivity index (χ1) is 20.2. The minimum Gasteiger partial charge on any atom is -0.184 e. The second-order valence-electron chi connectivity index (χ2n) is 11.8. The van der Waals surface area contributed by atoms with E-state index in [0.29, 0.717) is 17.8 Å². The fraction of sp³-hybridized carbons (Fsp3) is 0.289. The van der Waals surface area contributed by atoms with Crippen molar-refractivity contribution in [2.75, 3.05) is 0 Å². The first kappa shape index (κ1) is 33.1. The predicted octanol–water partition coefficient (Wildman–Crippen LogP) is 10.8. The molecule has 5 aromatic carbocycles. The topological polar surface area (TPSA) is 0 Å². The summed E-state index contributed by atoms with van der Waals surface area (Å²) in [6.07, 6.45) is 1.19. The van der Waals surface area contributed by atoms with Gasteiger partial charge in [0.05, 0.1) is 9.52 Å². The molecule has 0 nitrogen and oxygen atoms in total. The van der Waals surface area contributed by atoms with Crippen LogP contribution in [0.25, 0.3) is 33.0 Å². The molecule has 0 aromatic heterocycles. The Labute approximate surface area is 274 Å². The molecule has 1 aliphatic heterocycles. The molecule has 0 saturated carbocycles. The van der Waals surface area contributed by atoms with E-state index in [-0.39, 0.29) is 0 Å². The van der Waals surface area contributed by atoms with Crippen molar-refractivity contribution < 1.29 is 20.8 Å². The van der Waals surface area contributed by atoms with Crippen LogP contribution in [-0.4, -0.2) is 9.52 Å². The molecule has 1 atom stereocenters. The van der Waals surface area contributed by atoms with E-state index < -0.39 is 20.8 Å². The van der Waals surface area contributed by atoms with Crippen LogP contribution >= 0.6 is 17.0 Å². The van der Waals surface area contributed by atoms with Crippen molar-refractivity contribution in [2.45, 2.75) is 72.6 Å². The van der Waals surface area contributed by atoms with Crippen LogP contribution in [0.3, 0.4) is 0 Å². The summed E-state index contributed by atoms with van der Waals surface area (Å²) in [4.78, 5) is 0. The molecule has 0 amide bonds. The summed E-state index contributed by atoms with van der Waals surface area (Å²) in [5, 5.41) is 5.61. The van der Waals surface area contributed by atoms with Crippen molar-refractivity contribution in [2.24, 2.45) is 0 Å². The Kier molecular flexibility index (Phi) is 12.0. The van der Waals surface area contributed by atoms with Crippen LogP contribution in [0.4, 0.5) is 0 Å². The average Bonchev–Trinajstić information content (AvgIpc) is 3.59. The molecule has 42 heavy (non-hydrogen) atoms. The largest absolute Gasteiger partial charge is 0.184 e. The first-order valence-electron chi connectivity index (χ1n) is 14.9. The number of hydrogen-bond donors (Lipinski definition) is 0. The molecule has 1 heterocycles. The Morgan fingerprint density at radius 3 is 2.12 bits per heavy atom. The third kappa shape index (κ3) is 7.62. The van der Waals surface area contributed by atoms with Crippen LogP contribution in [0.5, 0.6) is 0 Å². The number of hydrogen-bond acceptors (Lipinski definition) is 0. The molecule has 0 fully saturated rings. The maximum Gasteiger partial charge on any atom is 0.0920 e. The van der Waals surface area contributed by atoms with Crippen molar-refractivity contribution in [3.8, 4) is 22.3 Å². The number of rotatable bonds is 5. The quantitative estimate of drug-likeness (QED) is 0.125. The maximum absolute atomic E-state index is 4.93. The van der Waals surface area contributed by atoms with E-state index in [1.165, 1.54) is 72.1 Å². The Morgan fingerprint density at radius 2 is 1.48 bits per heavy atom. The molecule has 5 aromatic rings. The fourth-order valence-corrected chi connectivity index (χ4v) is 6.84. The van der Waals surface area contributed by atoms with E-state index in [1.54, 1.807) is 0 Å². The smallest absolute Gasteiger partial charge is 0.0920 e. The number of halogens is 2. The van der Waals surface area contributed by atoms with Gasteiger partial charge in [-0.25, -0.2) is 0 Å². The molecule has 2 radical (unpaired) electrons. The number of fused-ring (bicyclic) bond motifs is 4. The third-order valence-corrected chi connectivity index (χ3v) is 9.60. The van der Waals surface area contributed by atoms with E-state index in [1.807, 2.05) is 6.07 Å². The Bertz CT molecular complexity index is 1560. The first-order valence-corrected chi connectivity index (χ1v) is 22.2. The van der Waals surface area contributed by atoms with Crippen LogP contribution in [0.15, 0.2) is 84.9 Å². The molecule has 6 rings (SSSR count). The van der Waals surface area contributed by atoms with Gasteiger partial charge in [-0.15, -0.1) is 40.1 Å². The van der Waals surface area contributed by atoms with Crippen molar-refractivity contribution >= 4 is 47.7 Å². The maximum atomic E-state index is 4.93. The fourth-order valence-electron chi connectivity index (χ4n) is 5.53. The van der Waals surface area contributed by atoms with Gasteiger partial charge in [-0.3, -0.25) is 0 Å². The molecule has 0 aliphatic carbocycles. The molecule has 1 unspecified atom stereocenters. The second kappa shape index (κ2) is 15.3. The molecule has 0 N–H and O–H groups in total. The van der Waals surface area contributed by atoms with Gasteiger partial charge in [-0.1, -0.05) is 112 Å². The minimum absolute atomic E-state index is 0.544. The molecular weight excluding hydrogens is 647 g/mol. The summed E-state index contributed by atoms with van der Waals surface area (Å²) in [6, 6.07) is 34.8. The summed E-state index contributed by atoms with van der Waals surface area (Å²) in [7, 11) is 10.7. The predicted molar refractivity (Wildman–Crippen MR) is 184 cm³/mol. The Morgan fingerprint density at radius 1 is 0.833 bits per heavy atom. The van der Waals surface area contributed by atoms with Gasteiger partial charge in [0.15, 0.2) is 0 Å². The van der Waals surface area contributed by atoms with Crippen LogP contribution in [0.2, 0.25) is 0 Å². The van der Waals surface area contributed by atoms with E-state index in [9.17, 15) is 0 Å². The average molecular weight is 687 g/mol. The van der Waals surface area contributed by atoms with E-state index in [4.69, 9.17) is 17.0 Å². The van der Waals surface area contributed by atoms with E-state index in [0.717, 1.165) is 9.52 Å². The van der Waals surface area contributed by atoms with Crippen LogP contribution in [0, 0.1) is 13.0 Å². The molecule has 0 bridgehead atoms. The van der Waals surface area contributed by atoms with Crippen molar-refractivity contribution in [3.05, 3.63) is 113 Å². The number of aryl methyl sites for hydroxylation is 1. The summed E-state index contributed by atoms with van der Waals surface area (Å²) in [5.41, 5.74) is 11.3. The Hall–Kier alpha value is -1.83. The zero-order chi connectivity index (χ0) is 30.4. The normalized spacial score (nSPS) is 12.2. The standard InChI is InChI=1S/C26H33.C12H7Si.2ClH.Zr/c1-8-18(6)23-11-20-10-9-19(7)26(25(20)15-23)24-13-21(16(2)3)12-22(14-24)17(4)5;1-3-7-11-9(5-1)10-6-2-4-8-12(10)13-11;;;/h9-18H,8H2,1-7H3;1-7H;2*1H;/q2*-1;;;+4/p-2. The van der Waals surface area contributed by atoms with E-state index >= 15 is 0 Å². The van der Waals surface area contributed by atoms with Gasteiger partial charge in [-0.2, -0.15) is 35.5 Å². The van der Waals surface area contributed by atoms with Gasteiger partial charge in [0.2, 0.25) is 0 Å². The van der Waals surface area contributed by atoms with Gasteiger partial charge >= 0.3 is 37.9 Å². The zero-order valence-electron chi connectivity index (χ0n) is 25.8. The van der Waals surface area contributed by atoms with Crippen LogP contribution in [-0.2, 0) is 20.8 Å². The van der Waals surface area contributed by atoms with Gasteiger partial charge < -0.3 is 0 Å². The second-order valence-corrected chi connectivity index (χ2v) is 16.8. The Balaban J connectivity index is 0.000000209. The SMILES string of the molecule is CCC(C)c1cc2c(-c3cc(C(C)C)cc(C(C)C)c3)c(C)ccc2[cH-]1.[Cl][Zr+2][Cl].[c-]1cccc2c1[Si]c1ccccc1-2. The van der Waals surface area contributed by atoms with Crippen molar-refractivity contribution in [3.63, 3.8) is 0 Å². The van der Waals surface area contributed by atoms with Gasteiger partial charge in [-0.05, 0) is 41.4 Å². The molecule has 0 spiro atoms. The zero-order valence-corrected chi connectivity index (χ0v) is 30.7. The van der Waals surface area contributed by atoms with Gasteiger partial charge in [0.25, 0.3) is 0 Å². The molecular formula is C38H40Cl2SiZr. The third-order valence-electron chi connectivity index (χ3n) is 8.23. The summed E-state index contributed by atoms with van der Waals surface area (Å²) < 4.78 is 0. The van der Waals surface area contributed by atoms with Crippen LogP contribution < -0.4 is 10.4 Å². The monoisotopic (exact) mass is 684 g/mol. The molecule has 1 aliphatic rings. The molecule has 0 saturated heterocycles. The van der Waals surface area contributed by atoms with Gasteiger partial charge in [0, 0.05) is 0 Å². The minimum atomic E-state index is -0.826. The summed E-state index contributed by atoms with van der Waals surface area (Å²) >= 11 is -0.826. The molecule has 4 heteroatoms. The van der Waals surface area contributed by atoms with Gasteiger partial charge in [0.1, 0.15) is 0 Å². The molecule has 214 valence electrons. The van der Waals surface area contributed by atoms with Crippen molar-refractivity contribution in [1.29, 1.82) is 0 Å². The summed E-state index contributed by atoms with van der Waals surface area (Å²) in [6.45, 7) is 16.0. The number of benzene rings is 4.